The lowest BCUT2D eigenvalue weighted by molar-refractivity contribution is -0.123. The van der Waals surface area contributed by atoms with Crippen molar-refractivity contribution < 1.29 is 24.2 Å². The van der Waals surface area contributed by atoms with E-state index in [1.165, 1.54) is 0 Å². The van der Waals surface area contributed by atoms with E-state index in [0.717, 1.165) is 43.5 Å². The lowest BCUT2D eigenvalue weighted by Crippen LogP contribution is -2.47. The van der Waals surface area contributed by atoms with E-state index in [4.69, 9.17) is 9.47 Å². The number of carbonyl (C=O) groups excluding carboxylic acids is 2. The van der Waals surface area contributed by atoms with E-state index >= 15 is 0 Å². The molecule has 0 radical (unpaired) electrons. The number of rotatable bonds is 8. The Morgan fingerprint density at radius 2 is 2.09 bits per heavy atom. The predicted octanol–water partition coefficient (Wildman–Crippen LogP) is 3.04. The number of ether oxygens (including phenoxy) is 2. The third-order valence-corrected chi connectivity index (χ3v) is 7.14. The number of carbonyl (C=O) groups is 2. The van der Waals surface area contributed by atoms with Gasteiger partial charge in [0.25, 0.3) is 5.91 Å². The molecule has 5 rings (SSSR count). The Labute approximate surface area is 205 Å². The normalized spacial score (nSPS) is 21.9. The Balaban J connectivity index is 1.45. The van der Waals surface area contributed by atoms with Gasteiger partial charge in [0, 0.05) is 38.5 Å². The molecule has 1 saturated heterocycles. The predicted molar refractivity (Wildman–Crippen MR) is 133 cm³/mol. The number of methoxy groups -OCH3 is 1. The third kappa shape index (κ3) is 4.99. The van der Waals surface area contributed by atoms with E-state index in [2.05, 4.69) is 5.32 Å². The van der Waals surface area contributed by atoms with E-state index < -0.39 is 0 Å². The number of amides is 2. The molecule has 2 amide bonds. The van der Waals surface area contributed by atoms with Gasteiger partial charge in [-0.25, -0.2) is 0 Å². The van der Waals surface area contributed by atoms with Gasteiger partial charge >= 0.3 is 0 Å². The lowest BCUT2D eigenvalue weighted by atomic mass is 9.80. The molecule has 0 spiro atoms. The molecular weight excluding hydrogens is 446 g/mol. The molecule has 2 aromatic rings. The molecule has 2 heterocycles. The van der Waals surface area contributed by atoms with E-state index in [9.17, 15) is 14.7 Å². The Bertz CT molecular complexity index is 1090. The monoisotopic (exact) mass is 479 g/mol. The van der Waals surface area contributed by atoms with Gasteiger partial charge in [0.1, 0.15) is 11.5 Å². The van der Waals surface area contributed by atoms with Crippen LogP contribution in [-0.4, -0.2) is 62.9 Å². The van der Waals surface area contributed by atoms with Crippen molar-refractivity contribution in [3.63, 3.8) is 0 Å². The molecule has 0 unspecified atom stereocenters. The quantitative estimate of drug-likeness (QED) is 0.566. The molecule has 8 nitrogen and oxygen atoms in total. The molecule has 2 atom stereocenters. The highest BCUT2D eigenvalue weighted by molar-refractivity contribution is 6.01. The molecule has 2 N–H and O–H groups in total. The standard InChI is InChI=1S/C27H33N3O5/c1-34-13-3-12-29-24-15-20(8-9-25(24)35-17-26(29)32)30(19-6-7-19)27(33)23-16-28-11-10-22(23)18-4-2-5-21(31)14-18/h2,4-5,8-9,14-15,19,22-23,28,31H,3,6-7,10-13,16-17H2,1H3/t22-,23+/m1/s1. The number of phenolic OH excluding ortho intramolecular Hbond substituents is 1. The summed E-state index contributed by atoms with van der Waals surface area (Å²) in [5.41, 5.74) is 2.50. The maximum absolute atomic E-state index is 14.1. The number of piperidine rings is 1. The number of benzene rings is 2. The topological polar surface area (TPSA) is 91.3 Å². The number of nitrogens with one attached hydrogen (secondary N) is 1. The van der Waals surface area contributed by atoms with Crippen molar-refractivity contribution >= 4 is 23.2 Å². The Kier molecular flexibility index (Phi) is 6.92. The maximum Gasteiger partial charge on any atom is 0.265 e. The summed E-state index contributed by atoms with van der Waals surface area (Å²) in [7, 11) is 1.65. The first-order chi connectivity index (χ1) is 17.1. The highest BCUT2D eigenvalue weighted by Crippen LogP contribution is 2.42. The van der Waals surface area contributed by atoms with Gasteiger partial charge in [-0.3, -0.25) is 9.59 Å². The molecule has 2 aliphatic heterocycles. The molecule has 1 aliphatic carbocycles. The highest BCUT2D eigenvalue weighted by atomic mass is 16.5. The van der Waals surface area contributed by atoms with Gasteiger partial charge in [-0.15, -0.1) is 0 Å². The molecule has 1 saturated carbocycles. The second kappa shape index (κ2) is 10.3. The van der Waals surface area contributed by atoms with Gasteiger partial charge in [0.2, 0.25) is 5.91 Å². The van der Waals surface area contributed by atoms with E-state index in [-0.39, 0.29) is 42.0 Å². The second-order valence-corrected chi connectivity index (χ2v) is 9.57. The molecule has 2 fully saturated rings. The van der Waals surface area contributed by atoms with E-state index in [1.807, 2.05) is 35.2 Å². The van der Waals surface area contributed by atoms with Crippen molar-refractivity contribution in [2.45, 2.75) is 37.6 Å². The van der Waals surface area contributed by atoms with Crippen LogP contribution in [0.2, 0.25) is 0 Å². The Hall–Kier alpha value is -3.10. The van der Waals surface area contributed by atoms with Crippen molar-refractivity contribution in [3.05, 3.63) is 48.0 Å². The fourth-order valence-corrected chi connectivity index (χ4v) is 5.25. The van der Waals surface area contributed by atoms with Crippen molar-refractivity contribution in [2.24, 2.45) is 5.92 Å². The fraction of sp³-hybridized carbons (Fsp3) is 0.481. The fourth-order valence-electron chi connectivity index (χ4n) is 5.25. The van der Waals surface area contributed by atoms with Gasteiger partial charge in [0.15, 0.2) is 6.61 Å². The molecule has 35 heavy (non-hydrogen) atoms. The molecule has 0 bridgehead atoms. The van der Waals surface area contributed by atoms with Crippen molar-refractivity contribution in [2.75, 3.05) is 49.8 Å². The number of nitrogens with zero attached hydrogens (tertiary/aromatic N) is 2. The van der Waals surface area contributed by atoms with Crippen LogP contribution in [0, 0.1) is 5.92 Å². The average molecular weight is 480 g/mol. The van der Waals surface area contributed by atoms with Crippen molar-refractivity contribution in [1.29, 1.82) is 0 Å². The zero-order chi connectivity index (χ0) is 24.4. The van der Waals surface area contributed by atoms with E-state index in [0.29, 0.717) is 31.1 Å². The number of anilines is 2. The minimum atomic E-state index is -0.238. The van der Waals surface area contributed by atoms with E-state index in [1.54, 1.807) is 24.1 Å². The van der Waals surface area contributed by atoms with Gasteiger partial charge in [-0.2, -0.15) is 0 Å². The zero-order valence-electron chi connectivity index (χ0n) is 20.1. The minimum absolute atomic E-state index is 0.0178. The van der Waals surface area contributed by atoms with Crippen molar-refractivity contribution in [3.8, 4) is 11.5 Å². The summed E-state index contributed by atoms with van der Waals surface area (Å²) in [5.74, 6) is 0.672. The number of hydrogen-bond donors (Lipinski definition) is 2. The second-order valence-electron chi connectivity index (χ2n) is 9.57. The van der Waals surface area contributed by atoms with Crippen LogP contribution in [0.4, 0.5) is 11.4 Å². The molecule has 8 heteroatoms. The molecule has 2 aromatic carbocycles. The van der Waals surface area contributed by atoms with Crippen LogP contribution >= 0.6 is 0 Å². The van der Waals surface area contributed by atoms with Gasteiger partial charge < -0.3 is 29.7 Å². The van der Waals surface area contributed by atoms with Gasteiger partial charge in [0.05, 0.1) is 11.6 Å². The first kappa shape index (κ1) is 23.6. The van der Waals surface area contributed by atoms with Crippen LogP contribution in [0.15, 0.2) is 42.5 Å². The summed E-state index contributed by atoms with van der Waals surface area (Å²) >= 11 is 0. The molecule has 0 aromatic heterocycles. The number of aromatic hydroxyl groups is 1. The Morgan fingerprint density at radius 1 is 1.23 bits per heavy atom. The summed E-state index contributed by atoms with van der Waals surface area (Å²) in [6.45, 7) is 2.55. The van der Waals surface area contributed by atoms with Crippen LogP contribution in [0.5, 0.6) is 11.5 Å². The Morgan fingerprint density at radius 3 is 2.86 bits per heavy atom. The van der Waals surface area contributed by atoms with Gasteiger partial charge in [-0.05, 0) is 74.0 Å². The lowest BCUT2D eigenvalue weighted by Gasteiger charge is -2.36. The highest BCUT2D eigenvalue weighted by Gasteiger charge is 2.41. The zero-order valence-corrected chi connectivity index (χ0v) is 20.1. The third-order valence-electron chi connectivity index (χ3n) is 7.14. The number of fused-ring (bicyclic) bond motifs is 1. The molecular formula is C27H33N3O5. The number of hydrogen-bond acceptors (Lipinski definition) is 6. The summed E-state index contributed by atoms with van der Waals surface area (Å²) in [6, 6.07) is 13.2. The van der Waals surface area contributed by atoms with Crippen LogP contribution in [0.3, 0.4) is 0 Å². The summed E-state index contributed by atoms with van der Waals surface area (Å²) < 4.78 is 10.9. The summed E-state index contributed by atoms with van der Waals surface area (Å²) in [5, 5.41) is 13.4. The first-order valence-electron chi connectivity index (χ1n) is 12.5. The summed E-state index contributed by atoms with van der Waals surface area (Å²) in [6.07, 6.45) is 3.48. The molecule has 186 valence electrons. The van der Waals surface area contributed by atoms with Crippen LogP contribution in [-0.2, 0) is 14.3 Å². The van der Waals surface area contributed by atoms with Gasteiger partial charge in [-0.1, -0.05) is 12.1 Å². The van der Waals surface area contributed by atoms with Crippen LogP contribution in [0.1, 0.15) is 37.2 Å². The maximum atomic E-state index is 14.1. The first-order valence-corrected chi connectivity index (χ1v) is 12.5. The largest absolute Gasteiger partial charge is 0.508 e. The van der Waals surface area contributed by atoms with Crippen LogP contribution < -0.4 is 19.9 Å². The molecule has 3 aliphatic rings. The number of phenols is 1. The van der Waals surface area contributed by atoms with Crippen molar-refractivity contribution in [1.82, 2.24) is 5.32 Å². The minimum Gasteiger partial charge on any atom is -0.508 e. The van der Waals surface area contributed by atoms with Crippen LogP contribution in [0.25, 0.3) is 0 Å². The SMILES string of the molecule is COCCCN1C(=O)COc2ccc(N(C(=O)[C@H]3CNCC[C@@H]3c3cccc(O)c3)C3CC3)cc21. The summed E-state index contributed by atoms with van der Waals surface area (Å²) in [4.78, 5) is 30.4. The smallest absolute Gasteiger partial charge is 0.265 e. The average Bonchev–Trinajstić information content (AvgIpc) is 3.71.